The molecule has 0 amide bonds. The van der Waals surface area contributed by atoms with Crippen molar-refractivity contribution in [3.8, 4) is 0 Å². The summed E-state index contributed by atoms with van der Waals surface area (Å²) >= 11 is -7.66. The normalized spacial score (nSPS) is 7.20. The third-order valence-corrected chi connectivity index (χ3v) is 0. The predicted octanol–water partition coefficient (Wildman–Crippen LogP) is -13.5. The smallest absolute Gasteiger partial charge is 0.427 e. The first-order valence-corrected chi connectivity index (χ1v) is 5.51. The van der Waals surface area contributed by atoms with Gasteiger partial charge in [0, 0.05) is 0 Å². The molecule has 10 heavy (non-hydrogen) atoms. The number of rotatable bonds is 0. The van der Waals surface area contributed by atoms with Gasteiger partial charge in [-0.1, -0.05) is 0 Å². The van der Waals surface area contributed by atoms with Crippen LogP contribution < -0.4 is 95.4 Å². The van der Waals surface area contributed by atoms with Crippen LogP contribution >= 0.6 is 0 Å². The maximum Gasteiger partial charge on any atom is 2.00 e. The van der Waals surface area contributed by atoms with Crippen molar-refractivity contribution in [2.75, 3.05) is 0 Å². The predicted molar refractivity (Wildman–Crippen MR) is 5.75 cm³/mol. The largest absolute Gasteiger partial charge is 2.00 e. The molecule has 0 saturated carbocycles. The molecule has 0 aromatic heterocycles. The van der Waals surface area contributed by atoms with Crippen molar-refractivity contribution < 1.29 is 110 Å². The Bertz CT molecular complexity index is 33.2. The first-order chi connectivity index (χ1) is 3.46. The van der Waals surface area contributed by atoms with Gasteiger partial charge in [0.15, 0.2) is 0 Å². The molecule has 0 aliphatic carbocycles. The number of halogens is 2. The molecule has 0 heterocycles. The fraction of sp³-hybridized carbons (Fsp3) is 0. The van der Waals surface area contributed by atoms with Crippen molar-refractivity contribution in [1.29, 1.82) is 0 Å². The van der Waals surface area contributed by atoms with Gasteiger partial charge < -0.3 is 22.9 Å². The molecule has 0 aromatic rings. The van der Waals surface area contributed by atoms with Crippen LogP contribution in [0.3, 0.4) is 0 Å². The van der Waals surface area contributed by atoms with Gasteiger partial charge in [0.2, 0.25) is 14.8 Å². The molecule has 0 radical (unpaired) electrons. The van der Waals surface area contributed by atoms with Crippen molar-refractivity contribution in [1.82, 2.24) is 0 Å². The summed E-state index contributed by atoms with van der Waals surface area (Å²) in [4.78, 5) is 0. The Morgan fingerprint density at radius 3 is 0.900 bits per heavy atom. The molecule has 0 bridgehead atoms. The van der Waals surface area contributed by atoms with Gasteiger partial charge in [-0.05, 0) is 0 Å². The van der Waals surface area contributed by atoms with E-state index in [4.69, 9.17) is 22.9 Å². The van der Waals surface area contributed by atoms with Crippen LogP contribution in [0, 0.1) is 14.8 Å². The summed E-state index contributed by atoms with van der Waals surface area (Å²) in [7, 11) is 0. The third kappa shape index (κ3) is 93.7. The van der Waals surface area contributed by atoms with E-state index < -0.39 is 35.9 Å². The zero-order valence-electron chi connectivity index (χ0n) is 4.91. The van der Waals surface area contributed by atoms with E-state index in [1.807, 2.05) is 0 Å². The molecule has 6 nitrogen and oxygen atoms in total. The Morgan fingerprint density at radius 2 is 0.900 bits per heavy atom. The minimum Gasteiger partial charge on any atom is -0.427 e. The van der Waals surface area contributed by atoms with Crippen molar-refractivity contribution in [3.63, 3.8) is 0 Å². The fourth-order valence-electron chi connectivity index (χ4n) is 0. The molecule has 0 N–H and O–H groups in total. The maximum atomic E-state index is 8.57. The second-order valence-electron chi connectivity index (χ2n) is 0.378. The average Bonchev–Trinajstić information content (AvgIpc) is 1.25. The van der Waals surface area contributed by atoms with Crippen LogP contribution in [0.4, 0.5) is 0 Å². The van der Waals surface area contributed by atoms with Gasteiger partial charge in [0.05, 0.1) is 0 Å². The van der Waals surface area contributed by atoms with E-state index in [0.717, 1.165) is 0 Å². The van der Waals surface area contributed by atoms with Crippen LogP contribution in [0.5, 0.6) is 0 Å². The molecule has 0 aliphatic heterocycles. The molecule has 52 valence electrons. The molecular weight excluding hydrogens is 382 g/mol. The van der Waals surface area contributed by atoms with E-state index >= 15 is 0 Å². The van der Waals surface area contributed by atoms with Crippen LogP contribution in [0.2, 0.25) is 0 Å². The Kier molecular flexibility index (Phi) is 43.9. The molecule has 0 atom stereocenters. The summed E-state index contributed by atoms with van der Waals surface area (Å²) in [6.07, 6.45) is 0. The van der Waals surface area contributed by atoms with E-state index in [0.29, 0.717) is 0 Å². The van der Waals surface area contributed by atoms with Crippen molar-refractivity contribution in [3.05, 3.63) is 0 Å². The minimum atomic E-state index is -4.01. The van der Waals surface area contributed by atoms with E-state index in [1.165, 1.54) is 0 Å². The van der Waals surface area contributed by atoms with Crippen LogP contribution in [-0.2, 0) is 0 Å². The van der Waals surface area contributed by atoms with Crippen molar-refractivity contribution in [2.45, 2.75) is 0 Å². The van der Waals surface area contributed by atoms with E-state index in [1.54, 1.807) is 0 Å². The molecule has 0 saturated heterocycles. The second-order valence-corrected chi connectivity index (χ2v) is 2.25. The standard InChI is InChI=1S/BrO3.Ca.IO3.K/c2-1(3)4;;2-1(3)4;/q-1;+2;-1;+1. The molecule has 10 heteroatoms. The quantitative estimate of drug-likeness (QED) is 0.301. The van der Waals surface area contributed by atoms with E-state index in [2.05, 4.69) is 0 Å². The van der Waals surface area contributed by atoms with Crippen LogP contribution in [0.15, 0.2) is 0 Å². The van der Waals surface area contributed by atoms with Gasteiger partial charge in [0.1, 0.15) is 0 Å². The molecule has 0 unspecified atom stereocenters. The first-order valence-electron chi connectivity index (χ1n) is 0.926. The van der Waals surface area contributed by atoms with Crippen LogP contribution in [0.25, 0.3) is 0 Å². The average molecular weight is 382 g/mol. The molecule has 0 aromatic carbocycles. The van der Waals surface area contributed by atoms with Gasteiger partial charge in [-0.25, -0.2) is 0 Å². The first kappa shape index (κ1) is 23.6. The summed E-state index contributed by atoms with van der Waals surface area (Å²) in [5.74, 6) is 0. The zero-order valence-corrected chi connectivity index (χ0v) is 14.0. The monoisotopic (exact) mass is 381 g/mol. The summed E-state index contributed by atoms with van der Waals surface area (Å²) < 4.78 is 51.3. The topological polar surface area (TPSA) is 138 Å². The van der Waals surface area contributed by atoms with Gasteiger partial charge in [-0.3, -0.25) is 0 Å². The van der Waals surface area contributed by atoms with Crippen LogP contribution in [0.1, 0.15) is 0 Å². The Labute approximate surface area is 144 Å². The molecule has 0 fully saturated rings. The van der Waals surface area contributed by atoms with Gasteiger partial charge in [-0.2, -0.15) is 0 Å². The Balaban J connectivity index is -0.0000000300. The molecule has 0 aliphatic rings. The molecule has 0 spiro atoms. The molecular formula is BrCaIKO6+. The SMILES string of the molecule is [Ca+2].[K+].[O-][Br+2]([O-])[O-].[O-][I+2]([O-])[O-]. The maximum absolute atomic E-state index is 8.57. The minimum absolute atomic E-state index is 0. The van der Waals surface area contributed by atoms with Crippen LogP contribution in [-0.4, -0.2) is 37.7 Å². The van der Waals surface area contributed by atoms with Gasteiger partial charge >= 0.3 is 89.1 Å². The zero-order chi connectivity index (χ0) is 7.15. The van der Waals surface area contributed by atoms with E-state index in [-0.39, 0.29) is 89.1 Å². The number of hydrogen-bond donors (Lipinski definition) is 0. The van der Waals surface area contributed by atoms with Crippen molar-refractivity contribution in [2.24, 2.45) is 0 Å². The summed E-state index contributed by atoms with van der Waals surface area (Å²) in [5, 5.41) is 0. The number of hydrogen-bond acceptors (Lipinski definition) is 6. The fourth-order valence-corrected chi connectivity index (χ4v) is 0. The summed E-state index contributed by atoms with van der Waals surface area (Å²) in [6.45, 7) is 0. The van der Waals surface area contributed by atoms with Gasteiger partial charge in [0.25, 0.3) is 21.1 Å². The van der Waals surface area contributed by atoms with E-state index in [9.17, 15) is 0 Å². The van der Waals surface area contributed by atoms with Crippen molar-refractivity contribution >= 4 is 37.7 Å². The third-order valence-electron chi connectivity index (χ3n) is 0. The Hall–Kier alpha value is 3.87. The Morgan fingerprint density at radius 1 is 0.900 bits per heavy atom. The summed E-state index contributed by atoms with van der Waals surface area (Å²) in [5.41, 5.74) is 0. The molecule has 0 rings (SSSR count). The van der Waals surface area contributed by atoms with Gasteiger partial charge in [-0.15, -0.1) is 0 Å². The second kappa shape index (κ2) is 18.6. The summed E-state index contributed by atoms with van der Waals surface area (Å²) in [6, 6.07) is 0.